The van der Waals surface area contributed by atoms with E-state index in [-0.39, 0.29) is 6.10 Å². The van der Waals surface area contributed by atoms with Gasteiger partial charge in [-0.25, -0.2) is 0 Å². The Bertz CT molecular complexity index is 1060. The van der Waals surface area contributed by atoms with Crippen LogP contribution in [0.2, 0.25) is 0 Å². The van der Waals surface area contributed by atoms with E-state index in [0.717, 1.165) is 34.2 Å². The van der Waals surface area contributed by atoms with Gasteiger partial charge in [-0.05, 0) is 56.0 Å². The number of aryl methyl sites for hydroxylation is 1. The van der Waals surface area contributed by atoms with Crippen molar-refractivity contribution in [1.29, 1.82) is 0 Å². The second kappa shape index (κ2) is 7.36. The van der Waals surface area contributed by atoms with Gasteiger partial charge in [-0.2, -0.15) is 15.9 Å². The van der Waals surface area contributed by atoms with E-state index in [4.69, 9.17) is 4.74 Å². The molecular formula is C20H21N5OS. The van der Waals surface area contributed by atoms with Crippen molar-refractivity contribution in [3.63, 3.8) is 0 Å². The first-order valence-corrected chi connectivity index (χ1v) is 9.79. The number of benzene rings is 1. The highest BCUT2D eigenvalue weighted by Crippen LogP contribution is 2.24. The van der Waals surface area contributed by atoms with Crippen LogP contribution < -0.4 is 10.1 Å². The summed E-state index contributed by atoms with van der Waals surface area (Å²) >= 11 is 1.63. The molecule has 0 atom stereocenters. The van der Waals surface area contributed by atoms with Gasteiger partial charge < -0.3 is 10.1 Å². The van der Waals surface area contributed by atoms with Crippen LogP contribution in [0.3, 0.4) is 0 Å². The standard InChI is InChI=1S/C20H21N5OS/c1-13(2)26-17-10-14(3)4-5-15(17)11-21-18-6-7-19-22-23-20(25(19)24-18)16-8-9-27-12-16/h4-10,12-13H,11H2,1-3H3,(H,21,24). The lowest BCUT2D eigenvalue weighted by atomic mass is 10.1. The number of nitrogens with one attached hydrogen (secondary N) is 1. The van der Waals surface area contributed by atoms with Crippen LogP contribution in [0.5, 0.6) is 5.75 Å². The molecule has 0 radical (unpaired) electrons. The number of aromatic nitrogens is 4. The molecule has 0 unspecified atom stereocenters. The normalized spacial score (nSPS) is 11.3. The minimum Gasteiger partial charge on any atom is -0.491 e. The molecule has 6 nitrogen and oxygen atoms in total. The van der Waals surface area contributed by atoms with Crippen LogP contribution in [0, 0.1) is 6.92 Å². The van der Waals surface area contributed by atoms with Gasteiger partial charge in [-0.15, -0.1) is 15.3 Å². The Morgan fingerprint density at radius 1 is 1.15 bits per heavy atom. The molecule has 4 rings (SSSR count). The van der Waals surface area contributed by atoms with Crippen molar-refractivity contribution in [2.24, 2.45) is 0 Å². The maximum absolute atomic E-state index is 5.96. The predicted molar refractivity (Wildman–Crippen MR) is 108 cm³/mol. The van der Waals surface area contributed by atoms with Crippen molar-refractivity contribution in [3.05, 3.63) is 58.3 Å². The molecule has 3 aromatic heterocycles. The Kier molecular flexibility index (Phi) is 4.77. The van der Waals surface area contributed by atoms with Crippen LogP contribution in [-0.4, -0.2) is 25.9 Å². The summed E-state index contributed by atoms with van der Waals surface area (Å²) in [6, 6.07) is 12.1. The van der Waals surface area contributed by atoms with Crippen LogP contribution >= 0.6 is 11.3 Å². The maximum Gasteiger partial charge on any atom is 0.186 e. The third-order valence-corrected chi connectivity index (χ3v) is 4.77. The van der Waals surface area contributed by atoms with Crippen LogP contribution in [0.15, 0.2) is 47.2 Å². The van der Waals surface area contributed by atoms with E-state index in [1.54, 1.807) is 15.9 Å². The zero-order chi connectivity index (χ0) is 18.8. The van der Waals surface area contributed by atoms with Gasteiger partial charge in [-0.1, -0.05) is 12.1 Å². The summed E-state index contributed by atoms with van der Waals surface area (Å²) in [4.78, 5) is 0. The molecular weight excluding hydrogens is 358 g/mol. The van der Waals surface area contributed by atoms with Gasteiger partial charge in [0.1, 0.15) is 11.6 Å². The third kappa shape index (κ3) is 3.78. The quantitative estimate of drug-likeness (QED) is 0.532. The number of nitrogens with zero attached hydrogens (tertiary/aromatic N) is 4. The Balaban J connectivity index is 1.59. The highest BCUT2D eigenvalue weighted by molar-refractivity contribution is 7.08. The van der Waals surface area contributed by atoms with Crippen molar-refractivity contribution in [2.45, 2.75) is 33.4 Å². The highest BCUT2D eigenvalue weighted by atomic mass is 32.1. The largest absolute Gasteiger partial charge is 0.491 e. The van der Waals surface area contributed by atoms with Crippen LogP contribution in [0.25, 0.3) is 17.0 Å². The molecule has 0 saturated carbocycles. The van der Waals surface area contributed by atoms with Gasteiger partial charge in [-0.3, -0.25) is 0 Å². The number of thiophene rings is 1. The number of ether oxygens (including phenoxy) is 1. The fourth-order valence-corrected chi connectivity index (χ4v) is 3.45. The molecule has 4 aromatic rings. The predicted octanol–water partition coefficient (Wildman–Crippen LogP) is 4.56. The van der Waals surface area contributed by atoms with E-state index >= 15 is 0 Å². The van der Waals surface area contributed by atoms with Gasteiger partial charge in [0.25, 0.3) is 0 Å². The lowest BCUT2D eigenvalue weighted by Gasteiger charge is -2.15. The molecule has 0 spiro atoms. The molecule has 0 saturated heterocycles. The van der Waals surface area contributed by atoms with Crippen LogP contribution in [0.4, 0.5) is 5.82 Å². The average Bonchev–Trinajstić information content (AvgIpc) is 3.29. The lowest BCUT2D eigenvalue weighted by molar-refractivity contribution is 0.240. The fraction of sp³-hybridized carbons (Fsp3) is 0.250. The van der Waals surface area contributed by atoms with E-state index in [1.807, 2.05) is 42.8 Å². The smallest absolute Gasteiger partial charge is 0.186 e. The van der Waals surface area contributed by atoms with Gasteiger partial charge in [0.2, 0.25) is 0 Å². The van der Waals surface area contributed by atoms with E-state index in [2.05, 4.69) is 45.7 Å². The highest BCUT2D eigenvalue weighted by Gasteiger charge is 2.11. The van der Waals surface area contributed by atoms with Gasteiger partial charge in [0.05, 0.1) is 6.10 Å². The number of fused-ring (bicyclic) bond motifs is 1. The first-order valence-electron chi connectivity index (χ1n) is 8.85. The summed E-state index contributed by atoms with van der Waals surface area (Å²) in [5.74, 6) is 2.41. The molecule has 1 N–H and O–H groups in total. The molecule has 0 aliphatic carbocycles. The Labute approximate surface area is 161 Å². The number of hydrogen-bond acceptors (Lipinski definition) is 6. The zero-order valence-electron chi connectivity index (χ0n) is 15.5. The molecule has 138 valence electrons. The second-order valence-corrected chi connectivity index (χ2v) is 7.44. The molecule has 0 fully saturated rings. The van der Waals surface area contributed by atoms with Gasteiger partial charge in [0, 0.05) is 23.1 Å². The Morgan fingerprint density at radius 2 is 2.04 bits per heavy atom. The first-order chi connectivity index (χ1) is 13.1. The Hall–Kier alpha value is -2.93. The van der Waals surface area contributed by atoms with Crippen molar-refractivity contribution in [2.75, 3.05) is 5.32 Å². The minimum absolute atomic E-state index is 0.130. The fourth-order valence-electron chi connectivity index (χ4n) is 2.81. The van der Waals surface area contributed by atoms with Crippen LogP contribution in [0.1, 0.15) is 25.0 Å². The molecule has 7 heteroatoms. The van der Waals surface area contributed by atoms with Gasteiger partial charge in [0.15, 0.2) is 11.5 Å². The van der Waals surface area contributed by atoms with Crippen molar-refractivity contribution in [3.8, 4) is 17.1 Å². The van der Waals surface area contributed by atoms with E-state index in [0.29, 0.717) is 6.54 Å². The molecule has 3 heterocycles. The average molecular weight is 379 g/mol. The Morgan fingerprint density at radius 3 is 2.81 bits per heavy atom. The molecule has 0 amide bonds. The zero-order valence-corrected chi connectivity index (χ0v) is 16.3. The minimum atomic E-state index is 0.130. The van der Waals surface area contributed by atoms with Crippen molar-refractivity contribution < 1.29 is 4.74 Å². The third-order valence-electron chi connectivity index (χ3n) is 4.09. The van der Waals surface area contributed by atoms with Crippen molar-refractivity contribution >= 4 is 22.8 Å². The number of hydrogen-bond donors (Lipinski definition) is 1. The summed E-state index contributed by atoms with van der Waals surface area (Å²) in [7, 11) is 0. The SMILES string of the molecule is Cc1ccc(CNc2ccc3nnc(-c4ccsc4)n3n2)c(OC(C)C)c1. The van der Waals surface area contributed by atoms with E-state index in [9.17, 15) is 0 Å². The summed E-state index contributed by atoms with van der Waals surface area (Å²) in [6.07, 6.45) is 0.130. The summed E-state index contributed by atoms with van der Waals surface area (Å²) in [6.45, 7) is 6.76. The molecule has 1 aromatic carbocycles. The monoisotopic (exact) mass is 379 g/mol. The van der Waals surface area contributed by atoms with Crippen LogP contribution in [-0.2, 0) is 6.54 Å². The van der Waals surface area contributed by atoms with Crippen molar-refractivity contribution in [1.82, 2.24) is 19.8 Å². The maximum atomic E-state index is 5.96. The molecule has 0 aliphatic rings. The summed E-state index contributed by atoms with van der Waals surface area (Å²) < 4.78 is 7.72. The topological polar surface area (TPSA) is 64.3 Å². The van der Waals surface area contributed by atoms with E-state index in [1.165, 1.54) is 5.56 Å². The number of anilines is 1. The summed E-state index contributed by atoms with van der Waals surface area (Å²) in [5.41, 5.74) is 4.01. The van der Waals surface area contributed by atoms with Gasteiger partial charge >= 0.3 is 0 Å². The van der Waals surface area contributed by atoms with E-state index < -0.39 is 0 Å². The molecule has 27 heavy (non-hydrogen) atoms. The number of rotatable bonds is 6. The summed E-state index contributed by atoms with van der Waals surface area (Å²) in [5, 5.41) is 20.6. The second-order valence-electron chi connectivity index (χ2n) is 6.66. The first kappa shape index (κ1) is 17.5. The molecule has 0 bridgehead atoms. The molecule has 0 aliphatic heterocycles. The lowest BCUT2D eigenvalue weighted by Crippen LogP contribution is -2.10.